The van der Waals surface area contributed by atoms with E-state index >= 15 is 0 Å². The molecular weight excluding hydrogens is 330 g/mol. The summed E-state index contributed by atoms with van der Waals surface area (Å²) in [6.07, 6.45) is 0. The van der Waals surface area contributed by atoms with Crippen LogP contribution >= 0.6 is 0 Å². The molecule has 1 aromatic heterocycles. The molecule has 0 atom stereocenters. The second-order valence-electron chi connectivity index (χ2n) is 6.54. The molecule has 0 bridgehead atoms. The first-order chi connectivity index (χ1) is 11.3. The Morgan fingerprint density at radius 2 is 2.08 bits per heavy atom. The van der Waals surface area contributed by atoms with Gasteiger partial charge in [0.25, 0.3) is 5.91 Å². The second kappa shape index (κ2) is 6.12. The molecule has 0 aliphatic carbocycles. The maximum Gasteiger partial charge on any atom is 0.289 e. The van der Waals surface area contributed by atoms with Gasteiger partial charge >= 0.3 is 0 Å². The molecule has 1 aliphatic heterocycles. The van der Waals surface area contributed by atoms with Crippen molar-refractivity contribution >= 4 is 26.7 Å². The third-order valence-corrected chi connectivity index (χ3v) is 6.59. The number of furan rings is 1. The van der Waals surface area contributed by atoms with E-state index in [1.165, 1.54) is 4.90 Å². The Bertz CT molecular complexity index is 862. The van der Waals surface area contributed by atoms with Crippen LogP contribution in [-0.2, 0) is 9.84 Å². The number of benzene rings is 1. The van der Waals surface area contributed by atoms with Crippen molar-refractivity contribution in [3.8, 4) is 5.75 Å². The molecule has 0 spiro atoms. The lowest BCUT2D eigenvalue weighted by atomic mass is 10.2. The summed E-state index contributed by atoms with van der Waals surface area (Å²) in [4.78, 5) is 14.0. The quantitative estimate of drug-likeness (QED) is 0.826. The first-order valence-corrected chi connectivity index (χ1v) is 9.60. The molecule has 0 saturated carbocycles. The van der Waals surface area contributed by atoms with Crippen LogP contribution in [-0.4, -0.2) is 50.4 Å². The van der Waals surface area contributed by atoms with Gasteiger partial charge in [0.2, 0.25) is 0 Å². The van der Waals surface area contributed by atoms with Gasteiger partial charge in [0, 0.05) is 18.5 Å². The third-order valence-electron chi connectivity index (χ3n) is 4.15. The van der Waals surface area contributed by atoms with Crippen LogP contribution in [0.15, 0.2) is 28.7 Å². The predicted molar refractivity (Wildman–Crippen MR) is 91.1 cm³/mol. The van der Waals surface area contributed by atoms with Crippen LogP contribution in [0.3, 0.4) is 0 Å². The first kappa shape index (κ1) is 16.8. The van der Waals surface area contributed by atoms with Crippen molar-refractivity contribution in [1.82, 2.24) is 4.90 Å². The van der Waals surface area contributed by atoms with E-state index < -0.39 is 15.1 Å². The summed E-state index contributed by atoms with van der Waals surface area (Å²) in [6.45, 7) is 4.20. The second-order valence-corrected chi connectivity index (χ2v) is 8.87. The van der Waals surface area contributed by atoms with E-state index in [0.717, 1.165) is 5.39 Å². The lowest BCUT2D eigenvalue weighted by molar-refractivity contribution is 0.0628. The first-order valence-electron chi connectivity index (χ1n) is 7.89. The fourth-order valence-electron chi connectivity index (χ4n) is 2.89. The number of ether oxygens (including phenoxy) is 1. The monoisotopic (exact) mass is 351 g/mol. The Labute approximate surface area is 141 Å². The summed E-state index contributed by atoms with van der Waals surface area (Å²) in [5, 5.41) is 0.310. The summed E-state index contributed by atoms with van der Waals surface area (Å²) >= 11 is 0. The van der Waals surface area contributed by atoms with Crippen molar-refractivity contribution in [1.29, 1.82) is 0 Å². The zero-order valence-electron chi connectivity index (χ0n) is 14.0. The highest BCUT2D eigenvalue weighted by Gasteiger charge is 2.40. The summed E-state index contributed by atoms with van der Waals surface area (Å²) in [6, 6.07) is 7.08. The van der Waals surface area contributed by atoms with Crippen LogP contribution in [0, 0.1) is 5.92 Å². The number of para-hydroxylation sites is 1. The molecule has 1 amide bonds. The number of amides is 1. The molecule has 6 nitrogen and oxygen atoms in total. The van der Waals surface area contributed by atoms with Gasteiger partial charge in [-0.1, -0.05) is 26.0 Å². The van der Waals surface area contributed by atoms with Crippen LogP contribution in [0.4, 0.5) is 0 Å². The van der Waals surface area contributed by atoms with E-state index in [2.05, 4.69) is 0 Å². The molecule has 1 aromatic carbocycles. The van der Waals surface area contributed by atoms with Crippen molar-refractivity contribution in [2.45, 2.75) is 19.1 Å². The highest BCUT2D eigenvalue weighted by Crippen LogP contribution is 2.30. The smallest absolute Gasteiger partial charge is 0.289 e. The van der Waals surface area contributed by atoms with E-state index in [1.807, 2.05) is 26.0 Å². The minimum Gasteiger partial charge on any atom is -0.493 e. The van der Waals surface area contributed by atoms with Gasteiger partial charge in [-0.3, -0.25) is 4.79 Å². The molecule has 130 valence electrons. The molecule has 3 rings (SSSR count). The standard InChI is InChI=1S/C17H21NO5S/c1-11(2)10-24(20,21)13-8-18(9-13)17(19)15-7-12-5-4-6-14(22-3)16(12)23-15/h4-7,11,13H,8-10H2,1-3H3. The van der Waals surface area contributed by atoms with E-state index in [0.29, 0.717) is 11.3 Å². The number of fused-ring (bicyclic) bond motifs is 1. The van der Waals surface area contributed by atoms with Crippen molar-refractivity contribution < 1.29 is 22.4 Å². The Morgan fingerprint density at radius 1 is 1.38 bits per heavy atom. The number of carbonyl (C=O) groups excluding carboxylic acids is 1. The number of likely N-dealkylation sites (tertiary alicyclic amines) is 1. The predicted octanol–water partition coefficient (Wildman–Crippen LogP) is 2.34. The highest BCUT2D eigenvalue weighted by molar-refractivity contribution is 7.92. The maximum absolute atomic E-state index is 12.5. The van der Waals surface area contributed by atoms with Gasteiger partial charge in [0.15, 0.2) is 26.9 Å². The van der Waals surface area contributed by atoms with Gasteiger partial charge in [0.05, 0.1) is 18.1 Å². The molecule has 0 radical (unpaired) electrons. The Hall–Kier alpha value is -2.02. The number of carbonyl (C=O) groups is 1. The molecule has 0 unspecified atom stereocenters. The zero-order chi connectivity index (χ0) is 17.5. The maximum atomic E-state index is 12.5. The Morgan fingerprint density at radius 3 is 2.71 bits per heavy atom. The normalized spacial score (nSPS) is 15.8. The van der Waals surface area contributed by atoms with Crippen molar-refractivity contribution in [3.05, 3.63) is 30.0 Å². The van der Waals surface area contributed by atoms with Crippen LogP contribution < -0.4 is 4.74 Å². The zero-order valence-corrected chi connectivity index (χ0v) is 14.8. The van der Waals surface area contributed by atoms with Gasteiger partial charge < -0.3 is 14.1 Å². The molecule has 1 saturated heterocycles. The average Bonchev–Trinajstić information content (AvgIpc) is 2.87. The Kier molecular flexibility index (Phi) is 4.29. The molecule has 1 fully saturated rings. The van der Waals surface area contributed by atoms with Crippen LogP contribution in [0.1, 0.15) is 24.4 Å². The third kappa shape index (κ3) is 3.00. The van der Waals surface area contributed by atoms with Gasteiger partial charge in [-0.05, 0) is 18.1 Å². The largest absolute Gasteiger partial charge is 0.493 e. The molecule has 1 aliphatic rings. The molecule has 7 heteroatoms. The van der Waals surface area contributed by atoms with Gasteiger partial charge in [-0.15, -0.1) is 0 Å². The number of hydrogen-bond donors (Lipinski definition) is 0. The van der Waals surface area contributed by atoms with Crippen LogP contribution in [0.25, 0.3) is 11.0 Å². The van der Waals surface area contributed by atoms with Gasteiger partial charge in [-0.2, -0.15) is 0 Å². The SMILES string of the molecule is COc1cccc2cc(C(=O)N3CC(S(=O)(=O)CC(C)C)C3)oc12. The number of rotatable bonds is 5. The van der Waals surface area contributed by atoms with E-state index in [4.69, 9.17) is 9.15 Å². The summed E-state index contributed by atoms with van der Waals surface area (Å²) in [5.41, 5.74) is 0.521. The number of sulfone groups is 1. The molecule has 2 aromatic rings. The lowest BCUT2D eigenvalue weighted by Gasteiger charge is -2.38. The van der Waals surface area contributed by atoms with E-state index in [9.17, 15) is 13.2 Å². The van der Waals surface area contributed by atoms with Crippen LogP contribution in [0.2, 0.25) is 0 Å². The molecule has 2 heterocycles. The number of methoxy groups -OCH3 is 1. The fourth-order valence-corrected chi connectivity index (χ4v) is 4.91. The van der Waals surface area contributed by atoms with E-state index in [-0.39, 0.29) is 36.4 Å². The Balaban J connectivity index is 1.73. The fraction of sp³-hybridized carbons (Fsp3) is 0.471. The number of hydrogen-bond acceptors (Lipinski definition) is 5. The minimum atomic E-state index is -3.15. The average molecular weight is 351 g/mol. The lowest BCUT2D eigenvalue weighted by Crippen LogP contribution is -2.57. The molecule has 0 N–H and O–H groups in total. The topological polar surface area (TPSA) is 76.8 Å². The minimum absolute atomic E-state index is 0.0857. The van der Waals surface area contributed by atoms with Crippen molar-refractivity contribution in [2.75, 3.05) is 26.0 Å². The molecule has 24 heavy (non-hydrogen) atoms. The van der Waals surface area contributed by atoms with Gasteiger partial charge in [-0.25, -0.2) is 8.42 Å². The van der Waals surface area contributed by atoms with E-state index in [1.54, 1.807) is 19.2 Å². The van der Waals surface area contributed by atoms with Crippen LogP contribution in [0.5, 0.6) is 5.75 Å². The summed E-state index contributed by atoms with van der Waals surface area (Å²) < 4.78 is 35.2. The summed E-state index contributed by atoms with van der Waals surface area (Å²) in [5.74, 6) is 0.718. The van der Waals surface area contributed by atoms with Gasteiger partial charge in [0.1, 0.15) is 0 Å². The highest BCUT2D eigenvalue weighted by atomic mass is 32.2. The number of nitrogens with zero attached hydrogens (tertiary/aromatic N) is 1. The summed E-state index contributed by atoms with van der Waals surface area (Å²) in [7, 11) is -1.61. The van der Waals surface area contributed by atoms with Crippen molar-refractivity contribution in [3.63, 3.8) is 0 Å². The molecular formula is C17H21NO5S. The van der Waals surface area contributed by atoms with Crippen molar-refractivity contribution in [2.24, 2.45) is 5.92 Å².